The number of imidazole rings is 1. The van der Waals surface area contributed by atoms with Crippen LogP contribution in [0.25, 0.3) is 21.9 Å². The molecule has 2 aromatic carbocycles. The van der Waals surface area contributed by atoms with Gasteiger partial charge in [-0.2, -0.15) is 9.97 Å². The molecule has 3 fully saturated rings. The normalized spacial score (nSPS) is 25.4. The van der Waals surface area contributed by atoms with Crippen molar-refractivity contribution in [2.45, 2.75) is 82.2 Å². The molecule has 0 spiro atoms. The Labute approximate surface area is 276 Å². The first-order valence-electron chi connectivity index (χ1n) is 16.1. The van der Waals surface area contributed by atoms with Crippen LogP contribution in [0.1, 0.15) is 52.2 Å². The number of anilines is 2. The number of carbonyl (C=O) groups is 1. The molecule has 2 aromatic heterocycles. The van der Waals surface area contributed by atoms with E-state index >= 15 is 4.39 Å². The minimum Gasteiger partial charge on any atom is -0.575 e. The van der Waals surface area contributed by atoms with Crippen LogP contribution in [-0.4, -0.2) is 80.3 Å². The number of alkyl halides is 1. The van der Waals surface area contributed by atoms with Crippen LogP contribution in [0.15, 0.2) is 47.5 Å². The molecule has 48 heavy (non-hydrogen) atoms. The van der Waals surface area contributed by atoms with Crippen LogP contribution < -0.4 is 24.8 Å². The van der Waals surface area contributed by atoms with E-state index in [0.29, 0.717) is 22.4 Å². The molecule has 254 valence electrons. The van der Waals surface area contributed by atoms with Crippen LogP contribution in [0.4, 0.5) is 16.2 Å². The molecule has 3 aliphatic rings. The fraction of sp³-hybridized carbons (Fsp3) is 0.500. The Morgan fingerprint density at radius 3 is 2.75 bits per heavy atom. The quantitative estimate of drug-likeness (QED) is 0.182. The molecule has 6 atom stereocenters. The average molecular weight is 682 g/mol. The molecule has 0 amide bonds. The fourth-order valence-corrected chi connectivity index (χ4v) is 7.12. The second-order valence-corrected chi connectivity index (χ2v) is 13.5. The summed E-state index contributed by atoms with van der Waals surface area (Å²) in [5.74, 6) is 0.298. The summed E-state index contributed by atoms with van der Waals surface area (Å²) in [5.41, 5.74) is 4.80. The number of nitrogens with two attached hydrogens (primary N) is 1. The van der Waals surface area contributed by atoms with E-state index in [2.05, 4.69) is 19.7 Å². The van der Waals surface area contributed by atoms with E-state index in [4.69, 9.17) is 24.5 Å². The van der Waals surface area contributed by atoms with Crippen LogP contribution in [0.3, 0.4) is 0 Å². The van der Waals surface area contributed by atoms with E-state index in [0.717, 1.165) is 50.6 Å². The summed E-state index contributed by atoms with van der Waals surface area (Å²) in [6, 6.07) is 9.60. The number of nitrogen functional groups attached to an aromatic ring is 1. The summed E-state index contributed by atoms with van der Waals surface area (Å²) in [6.07, 6.45) is 1.60. The van der Waals surface area contributed by atoms with E-state index in [1.54, 1.807) is 24.3 Å². The number of aromatic nitrogens is 4. The lowest BCUT2D eigenvalue weighted by Gasteiger charge is -2.32. The van der Waals surface area contributed by atoms with Gasteiger partial charge in [0, 0.05) is 18.5 Å². The third kappa shape index (κ3) is 6.11. The first-order chi connectivity index (χ1) is 23.1. The number of halogens is 1. The van der Waals surface area contributed by atoms with Gasteiger partial charge in [0.25, 0.3) is 0 Å². The van der Waals surface area contributed by atoms with Crippen molar-refractivity contribution in [1.29, 1.82) is 0 Å². The van der Waals surface area contributed by atoms with Crippen molar-refractivity contribution in [3.8, 4) is 11.5 Å². The predicted molar refractivity (Wildman–Crippen MR) is 173 cm³/mol. The third-order valence-corrected chi connectivity index (χ3v) is 10.0. The van der Waals surface area contributed by atoms with Crippen molar-refractivity contribution in [2.24, 2.45) is 4.74 Å². The topological polar surface area (TPSA) is 182 Å². The van der Waals surface area contributed by atoms with Crippen molar-refractivity contribution in [3.05, 3.63) is 42.7 Å². The van der Waals surface area contributed by atoms with Gasteiger partial charge in [0.05, 0.1) is 6.33 Å². The molecule has 0 radical (unpaired) electrons. The van der Waals surface area contributed by atoms with E-state index in [1.165, 1.54) is 24.7 Å². The number of rotatable bonds is 10. The van der Waals surface area contributed by atoms with Crippen LogP contribution in [-0.2, 0) is 14.3 Å². The lowest BCUT2D eigenvalue weighted by atomic mass is 9.98. The number of ether oxygens (including phenoxy) is 3. The molecular weight excluding hydrogens is 644 g/mol. The zero-order valence-electron chi connectivity index (χ0n) is 26.6. The zero-order chi connectivity index (χ0) is 33.6. The van der Waals surface area contributed by atoms with Gasteiger partial charge in [-0.25, -0.2) is 14.2 Å². The van der Waals surface area contributed by atoms with Gasteiger partial charge < -0.3 is 34.8 Å². The Hall–Kier alpha value is -4.17. The molecule has 2 aliphatic heterocycles. The van der Waals surface area contributed by atoms with Gasteiger partial charge in [-0.3, -0.25) is 9.09 Å². The van der Waals surface area contributed by atoms with Gasteiger partial charge >= 0.3 is 14.1 Å². The van der Waals surface area contributed by atoms with Crippen LogP contribution in [0, 0.1) is 0 Å². The summed E-state index contributed by atoms with van der Waals surface area (Å²) in [6.45, 7) is 4.12. The molecule has 3 N–H and O–H groups in total. The van der Waals surface area contributed by atoms with Gasteiger partial charge in [0.1, 0.15) is 24.4 Å². The number of carbonyl (C=O) groups excluding carboxylic acids is 1. The number of nitrogens with zero attached hydrogens (tertiary/aromatic N) is 6. The largest absolute Gasteiger partial charge is 0.575 e. The molecule has 1 saturated carbocycles. The van der Waals surface area contributed by atoms with Crippen molar-refractivity contribution < 1.29 is 37.9 Å². The number of fused-ring (bicyclic) bond motifs is 2. The molecule has 4 heterocycles. The maximum Gasteiger partial charge on any atom is 0.395 e. The Kier molecular flexibility index (Phi) is 8.79. The molecule has 2 saturated heterocycles. The second kappa shape index (κ2) is 13.0. The molecule has 14 nitrogen and oxygen atoms in total. The van der Waals surface area contributed by atoms with Gasteiger partial charge in [-0.05, 0) is 57.4 Å². The second-order valence-electron chi connectivity index (χ2n) is 12.6. The summed E-state index contributed by atoms with van der Waals surface area (Å²) < 4.78 is 44.8. The number of esters is 1. The van der Waals surface area contributed by atoms with Crippen LogP contribution in [0.2, 0.25) is 0 Å². The number of aliphatic hydroxyl groups is 1. The molecule has 7 rings (SSSR count). The Balaban J connectivity index is 1.11. The summed E-state index contributed by atoms with van der Waals surface area (Å²) >= 11 is 0. The molecule has 4 aromatic rings. The highest BCUT2D eigenvalue weighted by Crippen LogP contribution is 2.44. The smallest absolute Gasteiger partial charge is 0.395 e. The fourth-order valence-electron chi connectivity index (χ4n) is 6.36. The van der Waals surface area contributed by atoms with Gasteiger partial charge in [-0.15, -0.1) is 0 Å². The molecular formula is C32H37FN7O7P. The number of hydrogen-bond acceptors (Lipinski definition) is 13. The van der Waals surface area contributed by atoms with Crippen LogP contribution in [0.5, 0.6) is 11.5 Å². The van der Waals surface area contributed by atoms with Crippen LogP contribution >= 0.6 is 8.17 Å². The standard InChI is InChI=1S/C32H37FN7O7P/c1-18(29(41)45-20-9-4-5-10-20)38-48(43)47-25-21-11-6-3-8-19(21)12-13-22(25)44-16-23-26(33)32(2,42)30(46-23)40-17-35-24-27(39-14-7-15-39)36-31(34)37-28(24)40/h3,6,8,11-13,17-18,20,23,26,30,42H,4-5,7,9-10,14-16H2,1-2H3,(H2,34,36,37)/t18-,23+,26+,30?,32+/m0/s1. The third-order valence-electron chi connectivity index (χ3n) is 9.13. The van der Waals surface area contributed by atoms with Gasteiger partial charge in [0.15, 0.2) is 41.2 Å². The molecule has 16 heteroatoms. The number of hydrogen-bond donors (Lipinski definition) is 2. The maximum atomic E-state index is 15.9. The molecule has 1 aliphatic carbocycles. The predicted octanol–water partition coefficient (Wildman–Crippen LogP) is 3.95. The van der Waals surface area contributed by atoms with Crippen molar-refractivity contribution in [3.63, 3.8) is 0 Å². The summed E-state index contributed by atoms with van der Waals surface area (Å²) in [7, 11) is -2.72. The minimum atomic E-state index is -2.72. The summed E-state index contributed by atoms with van der Waals surface area (Å²) in [5, 5.41) is 12.7. The summed E-state index contributed by atoms with van der Waals surface area (Å²) in [4.78, 5) is 40.8. The maximum absolute atomic E-state index is 15.9. The van der Waals surface area contributed by atoms with E-state index in [9.17, 15) is 14.8 Å². The van der Waals surface area contributed by atoms with E-state index < -0.39 is 44.3 Å². The zero-order valence-corrected chi connectivity index (χ0v) is 27.5. The molecule has 0 bridgehead atoms. The van der Waals surface area contributed by atoms with E-state index in [1.807, 2.05) is 17.0 Å². The first-order valence-corrected chi connectivity index (χ1v) is 17.2. The molecule has 2 unspecified atom stereocenters. The lowest BCUT2D eigenvalue weighted by Crippen LogP contribution is -2.42. The highest BCUT2D eigenvalue weighted by molar-refractivity contribution is 7.34. The van der Waals surface area contributed by atoms with E-state index in [-0.39, 0.29) is 30.2 Å². The first kappa shape index (κ1) is 32.4. The Morgan fingerprint density at radius 1 is 1.23 bits per heavy atom. The van der Waals surface area contributed by atoms with Crippen molar-refractivity contribution in [2.75, 3.05) is 30.3 Å². The Bertz CT molecular complexity index is 1860. The van der Waals surface area contributed by atoms with Crippen molar-refractivity contribution in [1.82, 2.24) is 19.5 Å². The van der Waals surface area contributed by atoms with Gasteiger partial charge in [-0.1, -0.05) is 35.1 Å². The monoisotopic (exact) mass is 681 g/mol. The minimum absolute atomic E-state index is 0.0227. The highest BCUT2D eigenvalue weighted by atomic mass is 31.1. The lowest BCUT2D eigenvalue weighted by molar-refractivity contribution is -0.170. The Morgan fingerprint density at radius 2 is 2.00 bits per heavy atom. The SMILES string of the molecule is C[C@H](N=[P+]([O-])Oc1c(OC[C@H]2OC(n3cnc4c(N5CCC5)nc(N)nc43)[C@](C)(O)[C@@H]2F)ccc2ccccc12)C(=O)OC1CCCC1. The average Bonchev–Trinajstić information content (AvgIpc) is 3.75. The van der Waals surface area contributed by atoms with Crippen molar-refractivity contribution >= 4 is 47.8 Å². The van der Waals surface area contributed by atoms with Gasteiger partial charge in [0.2, 0.25) is 11.7 Å². The highest BCUT2D eigenvalue weighted by Gasteiger charge is 2.55. The number of benzene rings is 2.